The highest BCUT2D eigenvalue weighted by molar-refractivity contribution is 5.94. The molecule has 3 aromatic carbocycles. The number of likely N-dealkylation sites (tertiary alicyclic amines) is 1. The number of para-hydroxylation sites is 2. The molecular weight excluding hydrogens is 523 g/mol. The minimum Gasteiger partial charge on any atom is -0.338 e. The Hall–Kier alpha value is -3.51. The van der Waals surface area contributed by atoms with Gasteiger partial charge in [-0.25, -0.2) is 9.37 Å². The van der Waals surface area contributed by atoms with Crippen molar-refractivity contribution in [2.75, 3.05) is 19.6 Å². The van der Waals surface area contributed by atoms with Gasteiger partial charge in [0.2, 0.25) is 0 Å². The van der Waals surface area contributed by atoms with Gasteiger partial charge in [-0.05, 0) is 101 Å². The van der Waals surface area contributed by atoms with E-state index >= 15 is 0 Å². The van der Waals surface area contributed by atoms with Crippen LogP contribution in [0.15, 0.2) is 72.8 Å². The molecule has 5 nitrogen and oxygen atoms in total. The van der Waals surface area contributed by atoms with Crippen LogP contribution in [0.25, 0.3) is 11.0 Å². The summed E-state index contributed by atoms with van der Waals surface area (Å²) in [5.41, 5.74) is 4.87. The molecule has 0 N–H and O–H groups in total. The van der Waals surface area contributed by atoms with Gasteiger partial charge in [-0.15, -0.1) is 0 Å². The Morgan fingerprint density at radius 2 is 1.60 bits per heavy atom. The van der Waals surface area contributed by atoms with Crippen LogP contribution in [0.4, 0.5) is 4.39 Å². The first-order valence-electron chi connectivity index (χ1n) is 15.7. The van der Waals surface area contributed by atoms with Crippen molar-refractivity contribution in [3.05, 3.63) is 101 Å². The van der Waals surface area contributed by atoms with Crippen LogP contribution < -0.4 is 0 Å². The van der Waals surface area contributed by atoms with Crippen LogP contribution in [0.5, 0.6) is 0 Å². The summed E-state index contributed by atoms with van der Waals surface area (Å²) in [6.07, 6.45) is 7.80. The molecule has 6 heteroatoms. The van der Waals surface area contributed by atoms with E-state index in [1.165, 1.54) is 42.8 Å². The van der Waals surface area contributed by atoms with Crippen LogP contribution in [-0.2, 0) is 5.41 Å². The van der Waals surface area contributed by atoms with E-state index in [2.05, 4.69) is 71.0 Å². The summed E-state index contributed by atoms with van der Waals surface area (Å²) in [6.45, 7) is 6.46. The molecule has 4 aromatic rings. The number of halogens is 1. The zero-order valence-electron chi connectivity index (χ0n) is 24.8. The fourth-order valence-corrected chi connectivity index (χ4v) is 8.38. The monoisotopic (exact) mass is 564 g/mol. The van der Waals surface area contributed by atoms with Gasteiger partial charge in [0.15, 0.2) is 0 Å². The molecule has 3 aliphatic rings. The molecule has 7 rings (SSSR count). The van der Waals surface area contributed by atoms with Gasteiger partial charge in [-0.3, -0.25) is 9.69 Å². The minimum absolute atomic E-state index is 0.0244. The zero-order chi connectivity index (χ0) is 28.8. The molecule has 42 heavy (non-hydrogen) atoms. The number of amides is 1. The summed E-state index contributed by atoms with van der Waals surface area (Å²) in [4.78, 5) is 22.9. The maximum atomic E-state index is 14.6. The molecule has 4 heterocycles. The third-order valence-corrected chi connectivity index (χ3v) is 10.6. The summed E-state index contributed by atoms with van der Waals surface area (Å²) in [7, 11) is 0. The summed E-state index contributed by atoms with van der Waals surface area (Å²) in [6, 6.07) is 26.0. The number of aromatic nitrogens is 2. The highest BCUT2D eigenvalue weighted by Crippen LogP contribution is 2.45. The molecule has 0 aliphatic carbocycles. The molecule has 0 spiro atoms. The number of nitrogens with zero attached hydrogens (tertiary/aromatic N) is 4. The molecule has 218 valence electrons. The van der Waals surface area contributed by atoms with Gasteiger partial charge in [0.1, 0.15) is 11.6 Å². The molecule has 1 unspecified atom stereocenters. The van der Waals surface area contributed by atoms with Crippen molar-refractivity contribution in [2.24, 2.45) is 0 Å². The Balaban J connectivity index is 1.07. The van der Waals surface area contributed by atoms with Crippen molar-refractivity contribution < 1.29 is 9.18 Å². The molecule has 3 aliphatic heterocycles. The van der Waals surface area contributed by atoms with Crippen molar-refractivity contribution in [1.29, 1.82) is 0 Å². The van der Waals surface area contributed by atoms with Crippen LogP contribution in [0, 0.1) is 19.7 Å². The number of carbonyl (C=O) groups excluding carboxylic acids is 1. The van der Waals surface area contributed by atoms with Crippen LogP contribution in [-0.4, -0.2) is 57.0 Å². The summed E-state index contributed by atoms with van der Waals surface area (Å²) < 4.78 is 17.1. The second-order valence-corrected chi connectivity index (χ2v) is 12.9. The SMILES string of the molecule is Cc1ccc(F)c(C(=O)N2CCC(CCN3[C@@H]4CC[C@H]3CC(n3c(C)nc5ccccc53)C4)(c3ccccc3)CC2)c1. The highest BCUT2D eigenvalue weighted by atomic mass is 19.1. The third-order valence-electron chi connectivity index (χ3n) is 10.6. The molecule has 0 radical (unpaired) electrons. The van der Waals surface area contributed by atoms with Gasteiger partial charge in [-0.1, -0.05) is 54.1 Å². The number of hydrogen-bond acceptors (Lipinski definition) is 3. The highest BCUT2D eigenvalue weighted by Gasteiger charge is 2.44. The fourth-order valence-electron chi connectivity index (χ4n) is 8.38. The van der Waals surface area contributed by atoms with E-state index in [1.54, 1.807) is 12.1 Å². The maximum Gasteiger partial charge on any atom is 0.256 e. The molecule has 1 amide bonds. The Kier molecular flexibility index (Phi) is 7.13. The van der Waals surface area contributed by atoms with Crippen molar-refractivity contribution in [3.8, 4) is 0 Å². The lowest BCUT2D eigenvalue weighted by atomic mass is 9.70. The van der Waals surface area contributed by atoms with E-state index in [0.717, 1.165) is 42.7 Å². The van der Waals surface area contributed by atoms with E-state index in [1.807, 2.05) is 11.8 Å². The number of benzene rings is 3. The topological polar surface area (TPSA) is 41.4 Å². The van der Waals surface area contributed by atoms with E-state index < -0.39 is 5.82 Å². The van der Waals surface area contributed by atoms with Gasteiger partial charge in [-0.2, -0.15) is 0 Å². The maximum absolute atomic E-state index is 14.6. The number of piperidine rings is 2. The molecule has 1 aromatic heterocycles. The van der Waals surface area contributed by atoms with Crippen molar-refractivity contribution >= 4 is 16.9 Å². The second-order valence-electron chi connectivity index (χ2n) is 12.9. The minimum atomic E-state index is -0.428. The van der Waals surface area contributed by atoms with Crippen molar-refractivity contribution in [2.45, 2.75) is 82.3 Å². The number of imidazole rings is 1. The van der Waals surface area contributed by atoms with Crippen molar-refractivity contribution in [1.82, 2.24) is 19.4 Å². The molecule has 2 bridgehead atoms. The first-order chi connectivity index (χ1) is 20.4. The quantitative estimate of drug-likeness (QED) is 0.248. The lowest BCUT2D eigenvalue weighted by molar-refractivity contribution is 0.0603. The normalized spacial score (nSPS) is 23.9. The molecule has 3 fully saturated rings. The second kappa shape index (κ2) is 11.0. The number of fused-ring (bicyclic) bond motifs is 3. The lowest BCUT2D eigenvalue weighted by Gasteiger charge is -2.45. The van der Waals surface area contributed by atoms with E-state index in [0.29, 0.717) is 31.2 Å². The molecule has 0 saturated carbocycles. The van der Waals surface area contributed by atoms with Gasteiger partial charge < -0.3 is 9.47 Å². The van der Waals surface area contributed by atoms with Crippen molar-refractivity contribution in [3.63, 3.8) is 0 Å². The average Bonchev–Trinajstić information content (AvgIpc) is 3.48. The zero-order valence-corrected chi connectivity index (χ0v) is 24.8. The molecule has 3 saturated heterocycles. The van der Waals surface area contributed by atoms with E-state index in [-0.39, 0.29) is 16.9 Å². The predicted octanol–water partition coefficient (Wildman–Crippen LogP) is 7.22. The van der Waals surface area contributed by atoms with Gasteiger partial charge in [0, 0.05) is 31.2 Å². The first kappa shape index (κ1) is 27.3. The Morgan fingerprint density at radius 1 is 0.905 bits per heavy atom. The number of aryl methyl sites for hydroxylation is 2. The van der Waals surface area contributed by atoms with E-state index in [9.17, 15) is 9.18 Å². The van der Waals surface area contributed by atoms with Gasteiger partial charge in [0.05, 0.1) is 16.6 Å². The van der Waals surface area contributed by atoms with Gasteiger partial charge in [0.25, 0.3) is 5.91 Å². The lowest BCUT2D eigenvalue weighted by Crippen LogP contribution is -2.49. The Bertz CT molecular complexity index is 1570. The van der Waals surface area contributed by atoms with Crippen LogP contribution in [0.2, 0.25) is 0 Å². The number of hydrogen-bond donors (Lipinski definition) is 0. The van der Waals surface area contributed by atoms with E-state index in [4.69, 9.17) is 4.98 Å². The first-order valence-corrected chi connectivity index (χ1v) is 15.7. The van der Waals surface area contributed by atoms with Crippen LogP contribution >= 0.6 is 0 Å². The Labute approximate surface area is 248 Å². The standard InChI is InChI=1S/C36H41FN4O/c1-25-12-15-32(37)31(22-25)35(42)39-19-16-36(17-20-39,27-8-4-3-5-9-27)18-21-40-28-13-14-29(40)24-30(23-28)41-26(2)38-33-10-6-7-11-34(33)41/h3-12,15,22,28-30H,13-14,16-21,23-24H2,1-2H3/t28-,29+,30?. The summed E-state index contributed by atoms with van der Waals surface area (Å²) in [5.74, 6) is 0.521. The molecule has 3 atom stereocenters. The van der Waals surface area contributed by atoms with Crippen LogP contribution in [0.3, 0.4) is 0 Å². The fraction of sp³-hybridized carbons (Fsp3) is 0.444. The number of rotatable bonds is 6. The summed E-state index contributed by atoms with van der Waals surface area (Å²) in [5, 5.41) is 0. The average molecular weight is 565 g/mol. The smallest absolute Gasteiger partial charge is 0.256 e. The Morgan fingerprint density at radius 3 is 2.33 bits per heavy atom. The third kappa shape index (κ3) is 4.84. The largest absolute Gasteiger partial charge is 0.338 e. The van der Waals surface area contributed by atoms with Gasteiger partial charge >= 0.3 is 0 Å². The predicted molar refractivity (Wildman–Crippen MR) is 165 cm³/mol. The van der Waals surface area contributed by atoms with Crippen LogP contribution in [0.1, 0.15) is 78.3 Å². The molecular formula is C36H41FN4O. The summed E-state index contributed by atoms with van der Waals surface area (Å²) >= 11 is 0. The number of carbonyl (C=O) groups is 1.